The van der Waals surface area contributed by atoms with Gasteiger partial charge in [0.2, 0.25) is 0 Å². The number of piperidine rings is 1. The number of carbonyl (C=O) groups is 1. The standard InChI is InChI=1S/C11H16N4O/c1-8-10(6-13-7-14-8)11(16)15-9-3-2-4-12-5-9/h6-7,9,12H,2-5H2,1H3,(H,15,16)/t9-/m0/s1. The van der Waals surface area contributed by atoms with Gasteiger partial charge in [0.15, 0.2) is 0 Å². The van der Waals surface area contributed by atoms with Crippen molar-refractivity contribution in [1.29, 1.82) is 0 Å². The van der Waals surface area contributed by atoms with Gasteiger partial charge >= 0.3 is 0 Å². The summed E-state index contributed by atoms with van der Waals surface area (Å²) in [7, 11) is 0. The number of nitrogens with one attached hydrogen (secondary N) is 2. The van der Waals surface area contributed by atoms with E-state index in [-0.39, 0.29) is 11.9 Å². The fourth-order valence-corrected chi connectivity index (χ4v) is 1.85. The van der Waals surface area contributed by atoms with E-state index in [9.17, 15) is 4.79 Å². The zero-order valence-corrected chi connectivity index (χ0v) is 9.36. The summed E-state index contributed by atoms with van der Waals surface area (Å²) in [5.74, 6) is -0.0770. The van der Waals surface area contributed by atoms with Crippen LogP contribution in [0.4, 0.5) is 0 Å². The molecule has 5 nitrogen and oxygen atoms in total. The highest BCUT2D eigenvalue weighted by Gasteiger charge is 2.17. The molecule has 0 saturated carbocycles. The van der Waals surface area contributed by atoms with E-state index >= 15 is 0 Å². The molecule has 16 heavy (non-hydrogen) atoms. The van der Waals surface area contributed by atoms with Crippen LogP contribution in [0.5, 0.6) is 0 Å². The first-order chi connectivity index (χ1) is 7.77. The number of carbonyl (C=O) groups excluding carboxylic acids is 1. The molecule has 0 aliphatic carbocycles. The molecule has 1 aromatic heterocycles. The molecule has 1 atom stereocenters. The van der Waals surface area contributed by atoms with Crippen LogP contribution in [0.25, 0.3) is 0 Å². The van der Waals surface area contributed by atoms with Gasteiger partial charge in [-0.1, -0.05) is 0 Å². The SMILES string of the molecule is Cc1ncncc1C(=O)N[C@H]1CCCNC1. The van der Waals surface area contributed by atoms with Gasteiger partial charge < -0.3 is 10.6 Å². The Bertz CT molecular complexity index is 374. The molecule has 0 aromatic carbocycles. The predicted octanol–water partition coefficient (Wildman–Crippen LogP) is 0.267. The van der Waals surface area contributed by atoms with Crippen molar-refractivity contribution in [2.24, 2.45) is 0 Å². The summed E-state index contributed by atoms with van der Waals surface area (Å²) in [6, 6.07) is 0.223. The maximum absolute atomic E-state index is 11.9. The van der Waals surface area contributed by atoms with Crippen LogP contribution >= 0.6 is 0 Å². The molecule has 0 radical (unpaired) electrons. The minimum atomic E-state index is -0.0770. The number of nitrogens with zero attached hydrogens (tertiary/aromatic N) is 2. The van der Waals surface area contributed by atoms with Gasteiger partial charge in [-0.25, -0.2) is 9.97 Å². The topological polar surface area (TPSA) is 66.9 Å². The Hall–Kier alpha value is -1.49. The van der Waals surface area contributed by atoms with Crippen molar-refractivity contribution >= 4 is 5.91 Å². The third-order valence-corrected chi connectivity index (χ3v) is 2.79. The molecule has 1 aromatic rings. The number of amides is 1. The number of aromatic nitrogens is 2. The first-order valence-electron chi connectivity index (χ1n) is 5.55. The lowest BCUT2D eigenvalue weighted by molar-refractivity contribution is 0.0929. The highest BCUT2D eigenvalue weighted by molar-refractivity contribution is 5.95. The molecular weight excluding hydrogens is 204 g/mol. The van der Waals surface area contributed by atoms with Crippen LogP contribution in [0.3, 0.4) is 0 Å². The van der Waals surface area contributed by atoms with Crippen LogP contribution in [0.1, 0.15) is 28.9 Å². The smallest absolute Gasteiger partial charge is 0.254 e. The largest absolute Gasteiger partial charge is 0.348 e. The van der Waals surface area contributed by atoms with Crippen LogP contribution < -0.4 is 10.6 Å². The monoisotopic (exact) mass is 220 g/mol. The zero-order chi connectivity index (χ0) is 11.4. The van der Waals surface area contributed by atoms with Gasteiger partial charge in [-0.3, -0.25) is 4.79 Å². The maximum atomic E-state index is 11.9. The van der Waals surface area contributed by atoms with E-state index in [0.717, 1.165) is 31.6 Å². The Labute approximate surface area is 94.7 Å². The van der Waals surface area contributed by atoms with E-state index in [4.69, 9.17) is 0 Å². The lowest BCUT2D eigenvalue weighted by atomic mass is 10.1. The summed E-state index contributed by atoms with van der Waals surface area (Å²) < 4.78 is 0. The minimum absolute atomic E-state index is 0.0770. The van der Waals surface area contributed by atoms with Gasteiger partial charge in [-0.05, 0) is 26.3 Å². The molecular formula is C11H16N4O. The fourth-order valence-electron chi connectivity index (χ4n) is 1.85. The average Bonchev–Trinajstić information content (AvgIpc) is 2.31. The summed E-state index contributed by atoms with van der Waals surface area (Å²) in [6.07, 6.45) is 5.16. The first-order valence-corrected chi connectivity index (χ1v) is 5.55. The molecule has 1 amide bonds. The van der Waals surface area contributed by atoms with Crippen molar-refractivity contribution in [2.45, 2.75) is 25.8 Å². The zero-order valence-electron chi connectivity index (χ0n) is 9.36. The van der Waals surface area contributed by atoms with Crippen molar-refractivity contribution in [3.8, 4) is 0 Å². The van der Waals surface area contributed by atoms with E-state index in [0.29, 0.717) is 5.56 Å². The Balaban J connectivity index is 2.00. The van der Waals surface area contributed by atoms with Crippen LogP contribution in [0.2, 0.25) is 0 Å². The number of hydrogen-bond acceptors (Lipinski definition) is 4. The summed E-state index contributed by atoms with van der Waals surface area (Å²) in [5.41, 5.74) is 1.28. The Morgan fingerprint density at radius 1 is 1.62 bits per heavy atom. The summed E-state index contributed by atoms with van der Waals surface area (Å²) >= 11 is 0. The van der Waals surface area contributed by atoms with Crippen molar-refractivity contribution < 1.29 is 4.79 Å². The van der Waals surface area contributed by atoms with Crippen molar-refractivity contribution in [2.75, 3.05) is 13.1 Å². The summed E-state index contributed by atoms with van der Waals surface area (Å²) in [5, 5.41) is 6.25. The third kappa shape index (κ3) is 2.55. The van der Waals surface area contributed by atoms with Gasteiger partial charge in [0, 0.05) is 18.8 Å². The molecule has 0 spiro atoms. The average molecular weight is 220 g/mol. The Kier molecular flexibility index (Phi) is 3.46. The predicted molar refractivity (Wildman–Crippen MR) is 60.1 cm³/mol. The molecule has 0 unspecified atom stereocenters. The fraction of sp³-hybridized carbons (Fsp3) is 0.545. The van der Waals surface area contributed by atoms with Gasteiger partial charge in [0.25, 0.3) is 5.91 Å². The van der Waals surface area contributed by atoms with Crippen molar-refractivity contribution in [3.63, 3.8) is 0 Å². The van der Waals surface area contributed by atoms with E-state index < -0.39 is 0 Å². The van der Waals surface area contributed by atoms with Crippen molar-refractivity contribution in [3.05, 3.63) is 23.8 Å². The van der Waals surface area contributed by atoms with Gasteiger partial charge in [0.1, 0.15) is 6.33 Å². The van der Waals surface area contributed by atoms with E-state index in [1.165, 1.54) is 6.33 Å². The molecule has 2 rings (SSSR count). The second kappa shape index (κ2) is 5.03. The molecule has 86 valence electrons. The molecule has 0 bridgehead atoms. The van der Waals surface area contributed by atoms with E-state index in [1.54, 1.807) is 6.20 Å². The van der Waals surface area contributed by atoms with Gasteiger partial charge in [-0.15, -0.1) is 0 Å². The lowest BCUT2D eigenvalue weighted by Crippen LogP contribution is -2.45. The third-order valence-electron chi connectivity index (χ3n) is 2.79. The quantitative estimate of drug-likeness (QED) is 0.750. The first kappa shape index (κ1) is 11.0. The molecule has 1 aliphatic heterocycles. The van der Waals surface area contributed by atoms with E-state index in [1.807, 2.05) is 6.92 Å². The summed E-state index contributed by atoms with van der Waals surface area (Å²) in [4.78, 5) is 19.8. The van der Waals surface area contributed by atoms with E-state index in [2.05, 4.69) is 20.6 Å². The minimum Gasteiger partial charge on any atom is -0.348 e. The molecule has 1 saturated heterocycles. The lowest BCUT2D eigenvalue weighted by Gasteiger charge is -2.23. The maximum Gasteiger partial charge on any atom is 0.254 e. The normalized spacial score (nSPS) is 20.4. The molecule has 1 fully saturated rings. The second-order valence-electron chi connectivity index (χ2n) is 4.04. The Morgan fingerprint density at radius 3 is 3.19 bits per heavy atom. The molecule has 2 N–H and O–H groups in total. The van der Waals surface area contributed by atoms with Crippen LogP contribution in [0.15, 0.2) is 12.5 Å². The molecule has 5 heteroatoms. The number of hydrogen-bond donors (Lipinski definition) is 2. The Morgan fingerprint density at radius 2 is 2.50 bits per heavy atom. The molecule has 1 aliphatic rings. The van der Waals surface area contributed by atoms with Gasteiger partial charge in [-0.2, -0.15) is 0 Å². The summed E-state index contributed by atoms with van der Waals surface area (Å²) in [6.45, 7) is 3.70. The van der Waals surface area contributed by atoms with Crippen LogP contribution in [-0.2, 0) is 0 Å². The van der Waals surface area contributed by atoms with Crippen molar-refractivity contribution in [1.82, 2.24) is 20.6 Å². The van der Waals surface area contributed by atoms with Gasteiger partial charge in [0.05, 0.1) is 11.3 Å². The number of rotatable bonds is 2. The second-order valence-corrected chi connectivity index (χ2v) is 4.04. The van der Waals surface area contributed by atoms with Crippen LogP contribution in [-0.4, -0.2) is 35.0 Å². The van der Waals surface area contributed by atoms with Crippen LogP contribution in [0, 0.1) is 6.92 Å². The highest BCUT2D eigenvalue weighted by atomic mass is 16.1. The molecule has 2 heterocycles. The highest BCUT2D eigenvalue weighted by Crippen LogP contribution is 2.05. The number of aryl methyl sites for hydroxylation is 1.